The second-order valence-electron chi connectivity index (χ2n) is 5.58. The lowest BCUT2D eigenvalue weighted by atomic mass is 9.89. The Bertz CT molecular complexity index is 503. The van der Waals surface area contributed by atoms with Crippen molar-refractivity contribution in [2.24, 2.45) is 5.41 Å². The first-order valence-electron chi connectivity index (χ1n) is 6.26. The predicted molar refractivity (Wildman–Crippen MR) is 73.7 cm³/mol. The highest BCUT2D eigenvalue weighted by Gasteiger charge is 2.23. The van der Waals surface area contributed by atoms with Crippen LogP contribution in [-0.4, -0.2) is 29.3 Å². The molecule has 0 saturated carbocycles. The summed E-state index contributed by atoms with van der Waals surface area (Å²) in [5.74, 6) is -0.523. The van der Waals surface area contributed by atoms with E-state index in [2.05, 4.69) is 10.1 Å². The smallest absolute Gasteiger partial charge is 0.387 e. The number of aliphatic hydroxyl groups excluding tert-OH is 1. The molecule has 0 aliphatic rings. The van der Waals surface area contributed by atoms with Crippen molar-refractivity contribution in [2.75, 3.05) is 11.9 Å². The third-order valence-electron chi connectivity index (χ3n) is 2.87. The zero-order chi connectivity index (χ0) is 16.2. The van der Waals surface area contributed by atoms with E-state index in [-0.39, 0.29) is 12.0 Å². The molecular weight excluding hydrogens is 286 g/mol. The Morgan fingerprint density at radius 2 is 2.05 bits per heavy atom. The number of benzene rings is 1. The van der Waals surface area contributed by atoms with Gasteiger partial charge < -0.3 is 15.2 Å². The molecule has 1 unspecified atom stereocenters. The van der Waals surface area contributed by atoms with Crippen molar-refractivity contribution < 1.29 is 23.5 Å². The lowest BCUT2D eigenvalue weighted by molar-refractivity contribution is -0.386. The number of halogens is 2. The number of nitro benzene ring substituents is 1. The van der Waals surface area contributed by atoms with Crippen LogP contribution in [0, 0.1) is 15.5 Å². The van der Waals surface area contributed by atoms with Gasteiger partial charge in [-0.2, -0.15) is 8.78 Å². The molecule has 0 aliphatic carbocycles. The van der Waals surface area contributed by atoms with E-state index >= 15 is 0 Å². The quantitative estimate of drug-likeness (QED) is 0.623. The first-order valence-corrected chi connectivity index (χ1v) is 6.26. The molecule has 1 aromatic carbocycles. The largest absolute Gasteiger partial charge is 0.427 e. The van der Waals surface area contributed by atoms with Crippen molar-refractivity contribution in [1.29, 1.82) is 0 Å². The van der Waals surface area contributed by atoms with Crippen molar-refractivity contribution in [2.45, 2.75) is 33.5 Å². The second-order valence-corrected chi connectivity index (χ2v) is 5.58. The molecule has 1 aromatic rings. The molecule has 0 saturated heterocycles. The summed E-state index contributed by atoms with van der Waals surface area (Å²) in [7, 11) is 0. The number of nitrogens with zero attached hydrogens (tertiary/aromatic N) is 1. The van der Waals surface area contributed by atoms with E-state index in [1.165, 1.54) is 6.07 Å². The van der Waals surface area contributed by atoms with Crippen LogP contribution in [0.15, 0.2) is 18.2 Å². The Balaban J connectivity index is 2.87. The van der Waals surface area contributed by atoms with Gasteiger partial charge >= 0.3 is 12.3 Å². The number of hydrogen-bond donors (Lipinski definition) is 2. The van der Waals surface area contributed by atoms with Crippen LogP contribution in [0.5, 0.6) is 5.75 Å². The molecule has 0 spiro atoms. The molecule has 2 N–H and O–H groups in total. The van der Waals surface area contributed by atoms with Crippen molar-refractivity contribution in [3.63, 3.8) is 0 Å². The summed E-state index contributed by atoms with van der Waals surface area (Å²) >= 11 is 0. The van der Waals surface area contributed by atoms with E-state index in [0.29, 0.717) is 5.69 Å². The predicted octanol–water partition coefficient (Wildman–Crippen LogP) is 3.02. The van der Waals surface area contributed by atoms with Gasteiger partial charge in [0.2, 0.25) is 5.75 Å². The molecule has 0 heterocycles. The zero-order valence-corrected chi connectivity index (χ0v) is 12.0. The van der Waals surface area contributed by atoms with Crippen molar-refractivity contribution in [1.82, 2.24) is 0 Å². The normalized spacial score (nSPS) is 13.1. The number of ether oxygens (including phenoxy) is 1. The van der Waals surface area contributed by atoms with E-state index in [4.69, 9.17) is 0 Å². The maximum absolute atomic E-state index is 12.3. The molecule has 0 radical (unpaired) electrons. The summed E-state index contributed by atoms with van der Waals surface area (Å²) < 4.78 is 28.7. The summed E-state index contributed by atoms with van der Waals surface area (Å²) in [6.07, 6.45) is -0.674. The third-order valence-corrected chi connectivity index (χ3v) is 2.87. The maximum Gasteiger partial charge on any atom is 0.387 e. The molecule has 0 aromatic heterocycles. The molecule has 1 rings (SSSR count). The van der Waals surface area contributed by atoms with Gasteiger partial charge in [-0.25, -0.2) is 0 Å². The minimum Gasteiger partial charge on any atom is -0.427 e. The number of hydrogen-bond acceptors (Lipinski definition) is 5. The summed E-state index contributed by atoms with van der Waals surface area (Å²) in [5.41, 5.74) is -0.549. The molecule has 1 atom stereocenters. The van der Waals surface area contributed by atoms with Crippen molar-refractivity contribution >= 4 is 11.4 Å². The number of rotatable bonds is 6. The van der Waals surface area contributed by atoms with Crippen molar-refractivity contribution in [3.05, 3.63) is 28.3 Å². The lowest BCUT2D eigenvalue weighted by Crippen LogP contribution is -2.32. The van der Waals surface area contributed by atoms with Gasteiger partial charge in [0.15, 0.2) is 0 Å². The SMILES string of the molecule is CC(C)(C)C(O)CNc1ccc([N+](=O)[O-])c(OC(F)F)c1. The van der Waals surface area contributed by atoms with Crippen LogP contribution in [0.1, 0.15) is 20.8 Å². The number of aliphatic hydroxyl groups is 1. The Kier molecular flexibility index (Phi) is 5.42. The minimum absolute atomic E-state index is 0.176. The van der Waals surface area contributed by atoms with Crippen LogP contribution < -0.4 is 10.1 Å². The standard InChI is InChI=1S/C13H18F2N2O4/c1-13(2,3)11(18)7-16-8-4-5-9(17(19)20)10(6-8)21-12(14)15/h4-6,11-12,16,18H,7H2,1-3H3. The molecule has 21 heavy (non-hydrogen) atoms. The molecule has 118 valence electrons. The van der Waals surface area contributed by atoms with Crippen molar-refractivity contribution in [3.8, 4) is 5.75 Å². The van der Waals surface area contributed by atoms with Gasteiger partial charge in [0.25, 0.3) is 0 Å². The van der Waals surface area contributed by atoms with Gasteiger partial charge in [0.1, 0.15) is 0 Å². The lowest BCUT2D eigenvalue weighted by Gasteiger charge is -2.26. The molecule has 8 heteroatoms. The summed E-state index contributed by atoms with van der Waals surface area (Å²) in [6, 6.07) is 3.55. The van der Waals surface area contributed by atoms with Gasteiger partial charge in [0, 0.05) is 24.4 Å². The second kappa shape index (κ2) is 6.66. The van der Waals surface area contributed by atoms with E-state index in [9.17, 15) is 24.0 Å². The van der Waals surface area contributed by atoms with Crippen LogP contribution in [0.25, 0.3) is 0 Å². The third kappa shape index (κ3) is 5.14. The molecule has 0 bridgehead atoms. The van der Waals surface area contributed by atoms with Crippen LogP contribution in [-0.2, 0) is 0 Å². The molecule has 0 amide bonds. The average molecular weight is 304 g/mol. The van der Waals surface area contributed by atoms with Crippen LogP contribution in [0.4, 0.5) is 20.2 Å². The molecule has 0 aliphatic heterocycles. The van der Waals surface area contributed by atoms with Gasteiger partial charge in [-0.1, -0.05) is 20.8 Å². The molecule has 6 nitrogen and oxygen atoms in total. The van der Waals surface area contributed by atoms with E-state index in [1.807, 2.05) is 20.8 Å². The molecule has 0 fully saturated rings. The van der Waals surface area contributed by atoms with E-state index < -0.39 is 29.1 Å². The minimum atomic E-state index is -3.15. The zero-order valence-electron chi connectivity index (χ0n) is 12.0. The topological polar surface area (TPSA) is 84.6 Å². The fraction of sp³-hybridized carbons (Fsp3) is 0.538. The Morgan fingerprint density at radius 1 is 1.43 bits per heavy atom. The van der Waals surface area contributed by atoms with Gasteiger partial charge in [0.05, 0.1) is 11.0 Å². The fourth-order valence-electron chi connectivity index (χ4n) is 1.49. The van der Waals surface area contributed by atoms with Gasteiger partial charge in [-0.15, -0.1) is 0 Å². The highest BCUT2D eigenvalue weighted by Crippen LogP contribution is 2.31. The number of anilines is 1. The highest BCUT2D eigenvalue weighted by molar-refractivity contribution is 5.58. The van der Waals surface area contributed by atoms with Crippen LogP contribution >= 0.6 is 0 Å². The number of alkyl halides is 2. The van der Waals surface area contributed by atoms with Gasteiger partial charge in [-0.05, 0) is 11.5 Å². The highest BCUT2D eigenvalue weighted by atomic mass is 19.3. The Labute approximate surface area is 120 Å². The first-order chi connectivity index (χ1) is 9.61. The van der Waals surface area contributed by atoms with E-state index in [1.54, 1.807) is 0 Å². The number of nitro groups is 1. The maximum atomic E-state index is 12.3. The summed E-state index contributed by atoms with van der Waals surface area (Å²) in [4.78, 5) is 9.93. The Morgan fingerprint density at radius 3 is 2.52 bits per heavy atom. The Hall–Kier alpha value is -1.96. The number of nitrogens with one attached hydrogen (secondary N) is 1. The summed E-state index contributed by atoms with van der Waals surface area (Å²) in [6.45, 7) is 2.57. The monoisotopic (exact) mass is 304 g/mol. The van der Waals surface area contributed by atoms with Crippen LogP contribution in [0.3, 0.4) is 0 Å². The van der Waals surface area contributed by atoms with Crippen LogP contribution in [0.2, 0.25) is 0 Å². The molecular formula is C13H18F2N2O4. The average Bonchev–Trinajstić information content (AvgIpc) is 2.33. The van der Waals surface area contributed by atoms with Gasteiger partial charge in [-0.3, -0.25) is 10.1 Å². The summed E-state index contributed by atoms with van der Waals surface area (Å²) in [5, 5.41) is 23.4. The fourth-order valence-corrected chi connectivity index (χ4v) is 1.49. The van der Waals surface area contributed by atoms with E-state index in [0.717, 1.165) is 12.1 Å². The first kappa shape index (κ1) is 17.1.